The second kappa shape index (κ2) is 9.04. The number of aromatic hydroxyl groups is 2. The van der Waals surface area contributed by atoms with E-state index in [2.05, 4.69) is 20.2 Å². The molecule has 0 aliphatic carbocycles. The summed E-state index contributed by atoms with van der Waals surface area (Å²) >= 11 is 0. The molecule has 2 aromatic carbocycles. The van der Waals surface area contributed by atoms with Gasteiger partial charge in [-0.2, -0.15) is 0 Å². The third-order valence-electron chi connectivity index (χ3n) is 5.27. The number of nitrogens with zero attached hydrogens (tertiary/aromatic N) is 3. The molecule has 0 saturated carbocycles. The molecular weight excluding hydrogens is 446 g/mol. The summed E-state index contributed by atoms with van der Waals surface area (Å²) in [6, 6.07) is 11.2. The summed E-state index contributed by atoms with van der Waals surface area (Å²) < 4.78 is 23.2. The lowest BCUT2D eigenvalue weighted by atomic mass is 10.1. The molecule has 33 heavy (non-hydrogen) atoms. The van der Waals surface area contributed by atoms with Gasteiger partial charge in [0, 0.05) is 49.1 Å². The van der Waals surface area contributed by atoms with Gasteiger partial charge in [-0.15, -0.1) is 0 Å². The normalized spacial score (nSPS) is 15.8. The van der Waals surface area contributed by atoms with Crippen molar-refractivity contribution in [1.29, 1.82) is 0 Å². The second-order valence-electron chi connectivity index (χ2n) is 7.81. The number of nitrogens with one attached hydrogen (secondary N) is 1. The number of rotatable bonds is 5. The highest BCUT2D eigenvalue weighted by Crippen LogP contribution is 2.25. The Balaban J connectivity index is 1.48. The van der Waals surface area contributed by atoms with Crippen LogP contribution in [0.4, 0.5) is 11.5 Å². The third-order valence-corrected chi connectivity index (χ3v) is 6.88. The van der Waals surface area contributed by atoms with Gasteiger partial charge in [0.05, 0.1) is 23.4 Å². The first-order valence-corrected chi connectivity index (χ1v) is 12.0. The minimum absolute atomic E-state index is 0.0581. The van der Waals surface area contributed by atoms with Crippen molar-refractivity contribution < 1.29 is 23.4 Å². The molecule has 1 amide bonds. The van der Waals surface area contributed by atoms with E-state index in [0.717, 1.165) is 17.2 Å². The van der Waals surface area contributed by atoms with Gasteiger partial charge in [-0.05, 0) is 5.56 Å². The van der Waals surface area contributed by atoms with Crippen LogP contribution in [0.2, 0.25) is 0 Å². The number of sulfone groups is 1. The first kappa shape index (κ1) is 22.5. The van der Waals surface area contributed by atoms with Crippen molar-refractivity contribution in [2.75, 3.05) is 35.6 Å². The van der Waals surface area contributed by atoms with Crippen molar-refractivity contribution >= 4 is 27.2 Å². The Morgan fingerprint density at radius 3 is 2.33 bits per heavy atom. The highest BCUT2D eigenvalue weighted by molar-refractivity contribution is 7.91. The van der Waals surface area contributed by atoms with E-state index in [1.54, 1.807) is 0 Å². The van der Waals surface area contributed by atoms with Gasteiger partial charge in [0.2, 0.25) is 0 Å². The molecule has 1 aliphatic rings. The average Bonchev–Trinajstić information content (AvgIpc) is 2.75. The number of amides is 1. The minimum atomic E-state index is -2.91. The van der Waals surface area contributed by atoms with Gasteiger partial charge in [0.25, 0.3) is 5.91 Å². The number of hydrogen-bond acceptors (Lipinski definition) is 9. The van der Waals surface area contributed by atoms with Gasteiger partial charge in [-0.3, -0.25) is 9.69 Å². The van der Waals surface area contributed by atoms with Crippen LogP contribution in [0.25, 0.3) is 11.3 Å². The van der Waals surface area contributed by atoms with E-state index >= 15 is 0 Å². The average molecular weight is 470 g/mol. The molecule has 2 heterocycles. The third kappa shape index (κ3) is 5.57. The highest BCUT2D eigenvalue weighted by Gasteiger charge is 2.21. The summed E-state index contributed by atoms with van der Waals surface area (Å²) in [4.78, 5) is 23.2. The van der Waals surface area contributed by atoms with Gasteiger partial charge >= 0.3 is 0 Å². The lowest BCUT2D eigenvalue weighted by Crippen LogP contribution is -2.39. The summed E-state index contributed by atoms with van der Waals surface area (Å²) in [5, 5.41) is 21.7. The maximum Gasteiger partial charge on any atom is 0.278 e. The maximum atomic E-state index is 12.7. The fraction of sp³-hybridized carbons (Fsp3) is 0.227. The van der Waals surface area contributed by atoms with E-state index in [-0.39, 0.29) is 40.2 Å². The van der Waals surface area contributed by atoms with Crippen molar-refractivity contribution in [2.24, 2.45) is 0 Å². The smallest absolute Gasteiger partial charge is 0.278 e. The van der Waals surface area contributed by atoms with Gasteiger partial charge in [-0.1, -0.05) is 24.3 Å². The van der Waals surface area contributed by atoms with Crippen LogP contribution in [0.15, 0.2) is 48.7 Å². The molecule has 0 unspecified atom stereocenters. The first-order valence-electron chi connectivity index (χ1n) is 10.2. The van der Waals surface area contributed by atoms with Crippen LogP contribution in [-0.2, 0) is 16.4 Å². The Bertz CT molecular complexity index is 1260. The molecule has 1 aliphatic heterocycles. The molecule has 1 fully saturated rings. The molecule has 0 radical (unpaired) electrons. The summed E-state index contributed by atoms with van der Waals surface area (Å²) in [6.07, 6.45) is 1.47. The molecule has 10 nitrogen and oxygen atoms in total. The molecule has 0 spiro atoms. The summed E-state index contributed by atoms with van der Waals surface area (Å²) in [5.41, 5.74) is 8.15. The number of carbonyl (C=O) groups is 1. The largest absolute Gasteiger partial charge is 0.508 e. The molecular formula is C22H23N5O5S. The number of nitrogens with two attached hydrogens (primary N) is 1. The number of phenolic OH excluding ortho intramolecular Hbond substituents is 2. The van der Waals surface area contributed by atoms with Crippen molar-refractivity contribution in [1.82, 2.24) is 14.9 Å². The van der Waals surface area contributed by atoms with Crippen molar-refractivity contribution in [2.45, 2.75) is 6.54 Å². The Kier molecular flexibility index (Phi) is 6.16. The Labute approximate surface area is 190 Å². The zero-order chi connectivity index (χ0) is 23.6. The lowest BCUT2D eigenvalue weighted by Gasteiger charge is -2.26. The number of anilines is 2. The second-order valence-corrected chi connectivity index (χ2v) is 10.1. The first-order chi connectivity index (χ1) is 15.7. The van der Waals surface area contributed by atoms with Crippen LogP contribution in [0, 0.1) is 0 Å². The van der Waals surface area contributed by atoms with E-state index in [0.29, 0.717) is 25.3 Å². The van der Waals surface area contributed by atoms with Gasteiger partial charge in [0.15, 0.2) is 21.3 Å². The van der Waals surface area contributed by atoms with Crippen LogP contribution in [0.5, 0.6) is 11.5 Å². The molecule has 1 saturated heterocycles. The fourth-order valence-corrected chi connectivity index (χ4v) is 4.79. The summed E-state index contributed by atoms with van der Waals surface area (Å²) in [6.45, 7) is 1.68. The van der Waals surface area contributed by atoms with Crippen LogP contribution >= 0.6 is 0 Å². The van der Waals surface area contributed by atoms with Crippen molar-refractivity contribution in [3.05, 3.63) is 59.9 Å². The number of aromatic nitrogens is 2. The number of hydrogen-bond donors (Lipinski definition) is 4. The lowest BCUT2D eigenvalue weighted by molar-refractivity contribution is 0.102. The molecule has 1 aromatic heterocycles. The van der Waals surface area contributed by atoms with Gasteiger partial charge < -0.3 is 21.3 Å². The van der Waals surface area contributed by atoms with Crippen LogP contribution < -0.4 is 11.1 Å². The van der Waals surface area contributed by atoms with Gasteiger partial charge in [-0.25, -0.2) is 18.4 Å². The summed E-state index contributed by atoms with van der Waals surface area (Å²) in [7, 11) is -2.91. The highest BCUT2D eigenvalue weighted by atomic mass is 32.2. The Morgan fingerprint density at radius 1 is 1.06 bits per heavy atom. The van der Waals surface area contributed by atoms with Crippen LogP contribution in [0.1, 0.15) is 16.1 Å². The Morgan fingerprint density at radius 2 is 1.70 bits per heavy atom. The number of benzene rings is 2. The number of phenols is 2. The van der Waals surface area contributed by atoms with E-state index in [9.17, 15) is 23.4 Å². The van der Waals surface area contributed by atoms with E-state index < -0.39 is 15.7 Å². The van der Waals surface area contributed by atoms with E-state index in [4.69, 9.17) is 5.73 Å². The molecule has 0 bridgehead atoms. The molecule has 11 heteroatoms. The minimum Gasteiger partial charge on any atom is -0.508 e. The van der Waals surface area contributed by atoms with E-state index in [1.807, 2.05) is 24.3 Å². The molecule has 4 rings (SSSR count). The van der Waals surface area contributed by atoms with Crippen LogP contribution in [0.3, 0.4) is 0 Å². The predicted octanol–water partition coefficient (Wildman–Crippen LogP) is 1.62. The fourth-order valence-electron chi connectivity index (χ4n) is 3.51. The number of nitrogen functional groups attached to an aromatic ring is 1. The van der Waals surface area contributed by atoms with E-state index in [1.165, 1.54) is 18.3 Å². The molecule has 172 valence electrons. The van der Waals surface area contributed by atoms with Crippen LogP contribution in [-0.4, -0.2) is 64.0 Å². The SMILES string of the molecule is Nc1ncc(-c2ccc(CN3CCS(=O)(=O)CC3)cc2)nc1C(=O)Nc1cc(O)cc(O)c1. The zero-order valence-corrected chi connectivity index (χ0v) is 18.4. The monoisotopic (exact) mass is 469 g/mol. The molecule has 5 N–H and O–H groups in total. The Hall–Kier alpha value is -3.70. The van der Waals surface area contributed by atoms with Gasteiger partial charge in [0.1, 0.15) is 11.5 Å². The number of carbonyl (C=O) groups excluding carboxylic acids is 1. The van der Waals surface area contributed by atoms with Crippen molar-refractivity contribution in [3.8, 4) is 22.8 Å². The molecule has 0 atom stereocenters. The quantitative estimate of drug-likeness (QED) is 0.435. The van der Waals surface area contributed by atoms with Crippen molar-refractivity contribution in [3.63, 3.8) is 0 Å². The predicted molar refractivity (Wildman–Crippen MR) is 124 cm³/mol. The zero-order valence-electron chi connectivity index (χ0n) is 17.6. The topological polar surface area (TPSA) is 159 Å². The molecule has 3 aromatic rings. The standard InChI is InChI=1S/C22H23N5O5S/c23-21-20(22(30)25-16-9-17(28)11-18(29)10-16)26-19(12-24-21)15-3-1-14(2-4-15)13-27-5-7-33(31,32)8-6-27/h1-4,9-12,28-29H,5-8,13H2,(H2,23,24)(H,25,30). The maximum absolute atomic E-state index is 12.7. The summed E-state index contributed by atoms with van der Waals surface area (Å²) in [5.74, 6) is -0.743.